The Morgan fingerprint density at radius 2 is 1.92 bits per heavy atom. The molecule has 25 heavy (non-hydrogen) atoms. The Kier molecular flexibility index (Phi) is 9.74. The first-order chi connectivity index (χ1) is 11.8. The fourth-order valence-corrected chi connectivity index (χ4v) is 2.54. The molecule has 0 heterocycles. The van der Waals surface area contributed by atoms with Crippen molar-refractivity contribution in [3.05, 3.63) is 28.7 Å². The van der Waals surface area contributed by atoms with Crippen molar-refractivity contribution in [1.29, 1.82) is 0 Å². The molecule has 8 nitrogen and oxygen atoms in total. The van der Waals surface area contributed by atoms with Gasteiger partial charge in [0.05, 0.1) is 6.61 Å². The van der Waals surface area contributed by atoms with E-state index in [1.807, 2.05) is 13.8 Å². The maximum absolute atomic E-state index is 12.2. The molecule has 140 valence electrons. The first-order valence-electron chi connectivity index (χ1n) is 7.74. The molecule has 0 aliphatic heterocycles. The highest BCUT2D eigenvalue weighted by Crippen LogP contribution is 2.14. The standard InChI is InChI=1S/C15H23BrN3O5P/c1-10(2)9-13(14(20)17-7-8-24-25(22)23)19-15(21)18-12-5-3-11(16)4-6-12/h3-6,10,13,25H,7-9H2,1-2H3,(H,17,20)(H,22,23)(H2,18,19,21). The molecule has 4 N–H and O–H groups in total. The van der Waals surface area contributed by atoms with Crippen molar-refractivity contribution in [1.82, 2.24) is 10.6 Å². The van der Waals surface area contributed by atoms with Gasteiger partial charge in [-0.3, -0.25) is 9.36 Å². The highest BCUT2D eigenvalue weighted by molar-refractivity contribution is 9.10. The van der Waals surface area contributed by atoms with Gasteiger partial charge >= 0.3 is 14.3 Å². The molecule has 1 aromatic carbocycles. The third-order valence-corrected chi connectivity index (χ3v) is 4.04. The van der Waals surface area contributed by atoms with E-state index in [0.29, 0.717) is 12.1 Å². The summed E-state index contributed by atoms with van der Waals surface area (Å²) < 4.78 is 15.8. The van der Waals surface area contributed by atoms with Crippen LogP contribution in [0, 0.1) is 5.92 Å². The monoisotopic (exact) mass is 435 g/mol. The van der Waals surface area contributed by atoms with Crippen LogP contribution in [0.15, 0.2) is 28.7 Å². The van der Waals surface area contributed by atoms with E-state index in [1.54, 1.807) is 24.3 Å². The van der Waals surface area contributed by atoms with Gasteiger partial charge in [-0.05, 0) is 36.6 Å². The Morgan fingerprint density at radius 3 is 2.48 bits per heavy atom. The lowest BCUT2D eigenvalue weighted by atomic mass is 10.0. The summed E-state index contributed by atoms with van der Waals surface area (Å²) in [5.74, 6) is -0.185. The summed E-state index contributed by atoms with van der Waals surface area (Å²) in [6, 6.07) is 5.84. The van der Waals surface area contributed by atoms with Gasteiger partial charge in [0.15, 0.2) is 0 Å². The van der Waals surface area contributed by atoms with Crippen LogP contribution >= 0.6 is 24.2 Å². The van der Waals surface area contributed by atoms with E-state index < -0.39 is 20.3 Å². The molecule has 0 fully saturated rings. The fraction of sp³-hybridized carbons (Fsp3) is 0.467. The highest BCUT2D eigenvalue weighted by Gasteiger charge is 2.21. The third-order valence-electron chi connectivity index (χ3n) is 3.06. The summed E-state index contributed by atoms with van der Waals surface area (Å²) in [6.07, 6.45) is 0.455. The van der Waals surface area contributed by atoms with E-state index in [4.69, 9.17) is 4.89 Å². The second-order valence-corrected chi connectivity index (χ2v) is 7.43. The molecule has 0 radical (unpaired) electrons. The number of carbonyl (C=O) groups excluding carboxylic acids is 2. The number of hydrogen-bond acceptors (Lipinski definition) is 4. The van der Waals surface area contributed by atoms with Crippen LogP contribution in [-0.2, 0) is 13.9 Å². The van der Waals surface area contributed by atoms with Gasteiger partial charge in [-0.2, -0.15) is 0 Å². The summed E-state index contributed by atoms with van der Waals surface area (Å²) in [7, 11) is -3.01. The minimum Gasteiger partial charge on any atom is -0.352 e. The maximum Gasteiger partial charge on any atom is 0.319 e. The van der Waals surface area contributed by atoms with Crippen molar-refractivity contribution in [3.63, 3.8) is 0 Å². The topological polar surface area (TPSA) is 117 Å². The van der Waals surface area contributed by atoms with Crippen LogP contribution in [0.3, 0.4) is 0 Å². The van der Waals surface area contributed by atoms with Gasteiger partial charge in [-0.25, -0.2) is 4.79 Å². The molecule has 1 rings (SSSR count). The summed E-state index contributed by atoms with van der Waals surface area (Å²) in [5.41, 5.74) is 0.603. The fourth-order valence-electron chi connectivity index (χ4n) is 2.00. The zero-order chi connectivity index (χ0) is 18.8. The summed E-state index contributed by atoms with van der Waals surface area (Å²) in [5, 5.41) is 7.88. The van der Waals surface area contributed by atoms with E-state index in [1.165, 1.54) is 0 Å². The lowest BCUT2D eigenvalue weighted by Crippen LogP contribution is -2.49. The molecule has 3 amide bonds. The molecule has 1 aromatic rings. The second-order valence-electron chi connectivity index (χ2n) is 5.69. The van der Waals surface area contributed by atoms with Crippen LogP contribution in [0.4, 0.5) is 10.5 Å². The Morgan fingerprint density at radius 1 is 1.28 bits per heavy atom. The van der Waals surface area contributed by atoms with Gasteiger partial charge < -0.3 is 25.4 Å². The van der Waals surface area contributed by atoms with Gasteiger partial charge in [0.25, 0.3) is 0 Å². The number of carbonyl (C=O) groups is 2. The lowest BCUT2D eigenvalue weighted by Gasteiger charge is -2.20. The zero-order valence-corrected chi connectivity index (χ0v) is 16.6. The van der Waals surface area contributed by atoms with Crippen molar-refractivity contribution >= 4 is 41.8 Å². The average Bonchev–Trinajstić information content (AvgIpc) is 2.52. The quantitative estimate of drug-likeness (QED) is 0.351. The Hall–Kier alpha value is -1.41. The van der Waals surface area contributed by atoms with Crippen LogP contribution in [0.1, 0.15) is 20.3 Å². The van der Waals surface area contributed by atoms with Crippen molar-refractivity contribution in [2.24, 2.45) is 5.92 Å². The molecular weight excluding hydrogens is 413 g/mol. The van der Waals surface area contributed by atoms with E-state index in [0.717, 1.165) is 4.47 Å². The molecule has 2 atom stereocenters. The van der Waals surface area contributed by atoms with E-state index >= 15 is 0 Å². The Bertz CT molecular complexity index is 597. The van der Waals surface area contributed by atoms with Gasteiger partial charge in [-0.15, -0.1) is 0 Å². The molecule has 0 aromatic heterocycles. The molecule has 0 saturated carbocycles. The Balaban J connectivity index is 2.55. The van der Waals surface area contributed by atoms with E-state index in [-0.39, 0.29) is 25.0 Å². The summed E-state index contributed by atoms with van der Waals surface area (Å²) in [4.78, 5) is 32.9. The van der Waals surface area contributed by atoms with Crippen LogP contribution in [-0.4, -0.2) is 36.0 Å². The van der Waals surface area contributed by atoms with E-state index in [9.17, 15) is 14.2 Å². The Labute approximate surface area is 155 Å². The van der Waals surface area contributed by atoms with Crippen molar-refractivity contribution in [3.8, 4) is 0 Å². The average molecular weight is 436 g/mol. The van der Waals surface area contributed by atoms with Crippen molar-refractivity contribution < 1.29 is 23.6 Å². The highest BCUT2D eigenvalue weighted by atomic mass is 79.9. The number of amides is 3. The number of nitrogens with one attached hydrogen (secondary N) is 3. The van der Waals surface area contributed by atoms with Crippen molar-refractivity contribution in [2.75, 3.05) is 18.5 Å². The number of halogens is 1. The second kappa shape index (κ2) is 11.3. The maximum atomic E-state index is 12.2. The summed E-state index contributed by atoms with van der Waals surface area (Å²) >= 11 is 3.31. The predicted octanol–water partition coefficient (Wildman–Crippen LogP) is 2.50. The first-order valence-corrected chi connectivity index (χ1v) is 9.80. The molecule has 2 unspecified atom stereocenters. The minimum atomic E-state index is -3.01. The zero-order valence-electron chi connectivity index (χ0n) is 14.0. The predicted molar refractivity (Wildman–Crippen MR) is 99.7 cm³/mol. The smallest absolute Gasteiger partial charge is 0.319 e. The lowest BCUT2D eigenvalue weighted by molar-refractivity contribution is -0.123. The number of anilines is 1. The van der Waals surface area contributed by atoms with Crippen LogP contribution in [0.5, 0.6) is 0 Å². The number of urea groups is 1. The molecule has 0 saturated heterocycles. The minimum absolute atomic E-state index is 0.0699. The number of rotatable bonds is 9. The van der Waals surface area contributed by atoms with Gasteiger partial charge in [-0.1, -0.05) is 29.8 Å². The van der Waals surface area contributed by atoms with Crippen LogP contribution < -0.4 is 16.0 Å². The van der Waals surface area contributed by atoms with Gasteiger partial charge in [0, 0.05) is 16.7 Å². The van der Waals surface area contributed by atoms with Crippen LogP contribution in [0.2, 0.25) is 0 Å². The number of benzene rings is 1. The summed E-state index contributed by atoms with van der Waals surface area (Å²) in [6.45, 7) is 3.89. The third kappa shape index (κ3) is 9.60. The largest absolute Gasteiger partial charge is 0.352 e. The molecule has 0 aliphatic carbocycles. The van der Waals surface area contributed by atoms with Gasteiger partial charge in [0.2, 0.25) is 5.91 Å². The molecule has 10 heteroatoms. The normalized spacial score (nSPS) is 13.2. The molecule has 0 spiro atoms. The SMILES string of the molecule is CC(C)CC(NC(=O)Nc1ccc(Br)cc1)C(=O)NCCO[PH](=O)O. The van der Waals surface area contributed by atoms with E-state index in [2.05, 4.69) is 36.4 Å². The van der Waals surface area contributed by atoms with Gasteiger partial charge in [0.1, 0.15) is 6.04 Å². The first kappa shape index (κ1) is 21.6. The molecule has 0 bridgehead atoms. The molecular formula is C15H23BrN3O5P. The van der Waals surface area contributed by atoms with Crippen molar-refractivity contribution in [2.45, 2.75) is 26.3 Å². The number of hydrogen-bond donors (Lipinski definition) is 4. The molecule has 0 aliphatic rings. The van der Waals surface area contributed by atoms with Crippen LogP contribution in [0.25, 0.3) is 0 Å².